The quantitative estimate of drug-likeness (QED) is 0.658. The molecule has 0 aliphatic rings. The number of halogens is 1. The van der Waals surface area contributed by atoms with E-state index in [1.807, 2.05) is 6.07 Å². The summed E-state index contributed by atoms with van der Waals surface area (Å²) in [6.07, 6.45) is 0. The van der Waals surface area contributed by atoms with Crippen LogP contribution in [0.25, 0.3) is 11.0 Å². The highest BCUT2D eigenvalue weighted by atomic mass is 79.9. The highest BCUT2D eigenvalue weighted by Gasteiger charge is 2.01. The second-order valence-electron chi connectivity index (χ2n) is 2.20. The van der Waals surface area contributed by atoms with Crippen LogP contribution in [0.2, 0.25) is 0 Å². The smallest absolute Gasteiger partial charge is 0.177 e. The molecule has 2 rings (SSSR count). The van der Waals surface area contributed by atoms with E-state index in [0.717, 1.165) is 0 Å². The molecule has 0 N–H and O–H groups in total. The number of imidazole rings is 1. The van der Waals surface area contributed by atoms with Gasteiger partial charge in [0.2, 0.25) is 0 Å². The maximum absolute atomic E-state index is 7.34. The molecule has 56 valence electrons. The molecule has 1 aromatic carbocycles. The van der Waals surface area contributed by atoms with E-state index in [-0.39, 0.29) is 0 Å². The average molecular weight is 214 g/mol. The summed E-state index contributed by atoms with van der Waals surface area (Å²) in [5.41, 5.74) is 1.29. The minimum absolute atomic E-state index is 0.332. The molecule has 2 aromatic rings. The number of para-hydroxylation sites is 2. The van der Waals surface area contributed by atoms with Crippen molar-refractivity contribution in [3.8, 4) is 0 Å². The summed E-state index contributed by atoms with van der Waals surface area (Å²) in [6.45, 7) is -2.20. The van der Waals surface area contributed by atoms with Crippen LogP contribution in [-0.4, -0.2) is 9.55 Å². The Balaban J connectivity index is 2.81. The Morgan fingerprint density at radius 1 is 1.55 bits per heavy atom. The third-order valence-electron chi connectivity index (χ3n) is 1.52. The second-order valence-corrected chi connectivity index (χ2v) is 2.91. The lowest BCUT2D eigenvalue weighted by Crippen LogP contribution is -1.85. The van der Waals surface area contributed by atoms with E-state index >= 15 is 0 Å². The normalized spacial score (nSPS) is 15.9. The number of fused-ring (bicyclic) bond motifs is 1. The van der Waals surface area contributed by atoms with Crippen LogP contribution in [0.15, 0.2) is 29.0 Å². The molecule has 0 amide bonds. The van der Waals surface area contributed by atoms with Crippen molar-refractivity contribution in [2.45, 2.75) is 0 Å². The first kappa shape index (κ1) is 4.26. The molecule has 0 spiro atoms. The molecule has 1 heterocycles. The van der Waals surface area contributed by atoms with Crippen molar-refractivity contribution in [2.24, 2.45) is 6.98 Å². The Kier molecular flexibility index (Phi) is 0.906. The van der Waals surface area contributed by atoms with Crippen molar-refractivity contribution < 1.29 is 4.11 Å². The van der Waals surface area contributed by atoms with Crippen molar-refractivity contribution in [3.05, 3.63) is 29.0 Å². The zero-order valence-electron chi connectivity index (χ0n) is 8.58. The fourth-order valence-electron chi connectivity index (χ4n) is 0.997. The predicted molar refractivity (Wildman–Crippen MR) is 48.4 cm³/mol. The summed E-state index contributed by atoms with van der Waals surface area (Å²) in [7, 11) is 0. The first-order valence-electron chi connectivity index (χ1n) is 4.63. The number of aromatic nitrogens is 2. The van der Waals surface area contributed by atoms with Gasteiger partial charge in [-0.3, -0.25) is 0 Å². The van der Waals surface area contributed by atoms with Crippen LogP contribution in [0.5, 0.6) is 0 Å². The maximum atomic E-state index is 7.34. The number of benzene rings is 1. The number of aryl methyl sites for hydroxylation is 1. The molecule has 0 unspecified atom stereocenters. The summed E-state index contributed by atoms with van der Waals surface area (Å²) < 4.78 is 23.5. The van der Waals surface area contributed by atoms with E-state index in [0.29, 0.717) is 15.8 Å². The van der Waals surface area contributed by atoms with Gasteiger partial charge in [-0.1, -0.05) is 12.1 Å². The maximum Gasteiger partial charge on any atom is 0.177 e. The first-order valence-corrected chi connectivity index (χ1v) is 3.93. The zero-order chi connectivity index (χ0) is 10.3. The van der Waals surface area contributed by atoms with E-state index in [9.17, 15) is 0 Å². The molecular weight excluding hydrogens is 204 g/mol. The Morgan fingerprint density at radius 2 is 2.36 bits per heavy atom. The topological polar surface area (TPSA) is 17.8 Å². The number of hydrogen-bond donors (Lipinski definition) is 0. The van der Waals surface area contributed by atoms with Gasteiger partial charge < -0.3 is 4.57 Å². The molecule has 0 bridgehead atoms. The summed E-state index contributed by atoms with van der Waals surface area (Å²) in [6, 6.07) is 7.13. The molecular formula is C8H7BrN2. The summed E-state index contributed by atoms with van der Waals surface area (Å²) in [5, 5.41) is 0. The molecule has 0 aliphatic heterocycles. The van der Waals surface area contributed by atoms with E-state index in [4.69, 9.17) is 4.11 Å². The van der Waals surface area contributed by atoms with Gasteiger partial charge in [0.1, 0.15) is 0 Å². The van der Waals surface area contributed by atoms with Gasteiger partial charge in [-0.25, -0.2) is 4.98 Å². The monoisotopic (exact) mass is 213 g/mol. The Hall–Kier alpha value is -0.830. The van der Waals surface area contributed by atoms with Gasteiger partial charge in [-0.05, 0) is 28.1 Å². The van der Waals surface area contributed by atoms with Crippen molar-refractivity contribution in [1.82, 2.24) is 9.55 Å². The Morgan fingerprint density at radius 3 is 3.18 bits per heavy atom. The fourth-order valence-corrected chi connectivity index (χ4v) is 1.38. The van der Waals surface area contributed by atoms with E-state index < -0.39 is 6.98 Å². The first-order chi connectivity index (χ1) is 6.50. The highest BCUT2D eigenvalue weighted by Crippen LogP contribution is 2.17. The van der Waals surface area contributed by atoms with Crippen LogP contribution < -0.4 is 0 Å². The molecule has 0 fully saturated rings. The lowest BCUT2D eigenvalue weighted by atomic mass is 10.3. The van der Waals surface area contributed by atoms with Gasteiger partial charge in [0, 0.05) is 11.1 Å². The van der Waals surface area contributed by atoms with Crippen LogP contribution in [0.1, 0.15) is 4.11 Å². The van der Waals surface area contributed by atoms with E-state index in [1.165, 1.54) is 4.57 Å². The van der Waals surface area contributed by atoms with Crippen LogP contribution in [0.4, 0.5) is 0 Å². The molecule has 3 heteroatoms. The van der Waals surface area contributed by atoms with Gasteiger partial charge >= 0.3 is 0 Å². The second kappa shape index (κ2) is 2.34. The average Bonchev–Trinajstić information content (AvgIpc) is 2.38. The van der Waals surface area contributed by atoms with E-state index in [2.05, 4.69) is 20.9 Å². The summed E-state index contributed by atoms with van der Waals surface area (Å²) in [4.78, 5) is 4.10. The molecule has 0 saturated carbocycles. The van der Waals surface area contributed by atoms with Crippen LogP contribution in [-0.2, 0) is 6.98 Å². The third kappa shape index (κ3) is 0.959. The van der Waals surface area contributed by atoms with Crippen LogP contribution in [0.3, 0.4) is 0 Å². The Bertz CT molecular complexity index is 475. The van der Waals surface area contributed by atoms with Crippen molar-refractivity contribution in [2.75, 3.05) is 0 Å². The zero-order valence-corrected chi connectivity index (χ0v) is 7.17. The molecule has 0 radical (unpaired) electrons. The Labute approximate surface area is 77.2 Å². The van der Waals surface area contributed by atoms with E-state index in [1.54, 1.807) is 18.2 Å². The molecule has 1 aromatic heterocycles. The molecule has 0 saturated heterocycles. The van der Waals surface area contributed by atoms with Crippen molar-refractivity contribution >= 4 is 27.0 Å². The third-order valence-corrected chi connectivity index (χ3v) is 2.05. The number of hydrogen-bond acceptors (Lipinski definition) is 1. The van der Waals surface area contributed by atoms with Gasteiger partial charge in [-0.15, -0.1) is 0 Å². The van der Waals surface area contributed by atoms with Crippen molar-refractivity contribution in [1.29, 1.82) is 0 Å². The van der Waals surface area contributed by atoms with Gasteiger partial charge in [0.25, 0.3) is 0 Å². The minimum Gasteiger partial charge on any atom is -0.322 e. The predicted octanol–water partition coefficient (Wildman–Crippen LogP) is 2.34. The summed E-state index contributed by atoms with van der Waals surface area (Å²) in [5.74, 6) is 0. The van der Waals surface area contributed by atoms with Crippen LogP contribution >= 0.6 is 15.9 Å². The fraction of sp³-hybridized carbons (Fsp3) is 0.125. The molecule has 2 nitrogen and oxygen atoms in total. The number of nitrogens with zero attached hydrogens (tertiary/aromatic N) is 2. The standard InChI is InChI=1S/C8H7BrN2/c1-11-7-5-3-2-4-6(7)10-8(11)9/h2-5H,1H3/i1D3. The number of rotatable bonds is 0. The van der Waals surface area contributed by atoms with Crippen molar-refractivity contribution in [3.63, 3.8) is 0 Å². The lowest BCUT2D eigenvalue weighted by Gasteiger charge is -1.92. The molecule has 0 atom stereocenters. The SMILES string of the molecule is [2H]C([2H])([2H])n1c(Br)nc2ccccc21. The minimum atomic E-state index is -2.20. The van der Waals surface area contributed by atoms with Crippen LogP contribution in [0, 0.1) is 0 Å². The lowest BCUT2D eigenvalue weighted by molar-refractivity contribution is 0.912. The molecule has 11 heavy (non-hydrogen) atoms. The largest absolute Gasteiger partial charge is 0.322 e. The van der Waals surface area contributed by atoms with Gasteiger partial charge in [-0.2, -0.15) is 0 Å². The van der Waals surface area contributed by atoms with Gasteiger partial charge in [0.05, 0.1) is 11.0 Å². The highest BCUT2D eigenvalue weighted by molar-refractivity contribution is 9.10. The van der Waals surface area contributed by atoms with Gasteiger partial charge in [0.15, 0.2) is 4.73 Å². The summed E-state index contributed by atoms with van der Waals surface area (Å²) >= 11 is 3.14. The molecule has 0 aliphatic carbocycles.